The van der Waals surface area contributed by atoms with Gasteiger partial charge in [0.1, 0.15) is 11.5 Å². The van der Waals surface area contributed by atoms with Crippen molar-refractivity contribution in [3.05, 3.63) is 29.1 Å². The van der Waals surface area contributed by atoms with Crippen molar-refractivity contribution in [3.8, 4) is 0 Å². The van der Waals surface area contributed by atoms with Crippen molar-refractivity contribution in [2.75, 3.05) is 6.54 Å². The lowest BCUT2D eigenvalue weighted by Gasteiger charge is -2.23. The lowest BCUT2D eigenvalue weighted by atomic mass is 10.2. The Balaban J connectivity index is 1.41. The van der Waals surface area contributed by atoms with E-state index in [0.717, 1.165) is 49.7 Å². The van der Waals surface area contributed by atoms with Crippen LogP contribution in [0, 0.1) is 0 Å². The predicted octanol–water partition coefficient (Wildman–Crippen LogP) is 2.58. The number of nitrogens with one attached hydrogen (secondary N) is 1. The van der Waals surface area contributed by atoms with E-state index in [9.17, 15) is 4.79 Å². The van der Waals surface area contributed by atoms with E-state index in [0.29, 0.717) is 11.6 Å². The highest BCUT2D eigenvalue weighted by Gasteiger charge is 2.36. The molecule has 7 nitrogen and oxygen atoms in total. The van der Waals surface area contributed by atoms with E-state index in [1.807, 2.05) is 11.0 Å². The Morgan fingerprint density at radius 1 is 1.08 bits per heavy atom. The zero-order valence-corrected chi connectivity index (χ0v) is 14.4. The van der Waals surface area contributed by atoms with Crippen LogP contribution in [-0.2, 0) is 13.0 Å². The highest BCUT2D eigenvalue weighted by atomic mass is 16.2. The molecule has 25 heavy (non-hydrogen) atoms. The van der Waals surface area contributed by atoms with Crippen molar-refractivity contribution in [2.45, 2.75) is 69.9 Å². The van der Waals surface area contributed by atoms with E-state index in [2.05, 4.69) is 25.0 Å². The summed E-state index contributed by atoms with van der Waals surface area (Å²) in [5.41, 5.74) is 1.65. The fourth-order valence-electron chi connectivity index (χ4n) is 4.23. The lowest BCUT2D eigenvalue weighted by Crippen LogP contribution is -2.32. The van der Waals surface area contributed by atoms with E-state index in [4.69, 9.17) is 0 Å². The molecule has 3 aliphatic rings. The first-order valence-corrected chi connectivity index (χ1v) is 9.59. The topological polar surface area (TPSA) is 79.7 Å². The van der Waals surface area contributed by atoms with Gasteiger partial charge < -0.3 is 9.47 Å². The molecular formula is C18H24N6O. The van der Waals surface area contributed by atoms with Gasteiger partial charge in [-0.15, -0.1) is 10.2 Å². The molecule has 2 aromatic rings. The van der Waals surface area contributed by atoms with Gasteiger partial charge >= 0.3 is 0 Å². The van der Waals surface area contributed by atoms with E-state index < -0.39 is 0 Å². The number of carbonyl (C=O) groups excluding carboxylic acids is 1. The molecule has 2 aromatic heterocycles. The number of rotatable bonds is 3. The molecule has 1 N–H and O–H groups in total. The standard InChI is InChI=1S/C18H24N6O/c25-18(14-11-13(19-20-14)12-7-8-12)23-10-4-5-15(23)17-22-21-16-6-2-1-3-9-24(16)17/h11-12,15H,1-10H2,(H,19,20)/t15-/m0/s1. The molecule has 7 heteroatoms. The number of aryl methyl sites for hydroxylation is 1. The van der Waals surface area contributed by atoms with Crippen LogP contribution in [0.5, 0.6) is 0 Å². The van der Waals surface area contributed by atoms with Crippen LogP contribution in [0.3, 0.4) is 0 Å². The molecule has 0 spiro atoms. The second-order valence-corrected chi connectivity index (χ2v) is 7.58. The number of H-pyrrole nitrogens is 1. The fourth-order valence-corrected chi connectivity index (χ4v) is 4.23. The number of nitrogens with zero attached hydrogens (tertiary/aromatic N) is 5. The Bertz CT molecular complexity index is 789. The number of hydrogen-bond acceptors (Lipinski definition) is 4. The summed E-state index contributed by atoms with van der Waals surface area (Å²) in [6.45, 7) is 1.75. The predicted molar refractivity (Wildman–Crippen MR) is 91.2 cm³/mol. The summed E-state index contributed by atoms with van der Waals surface area (Å²) >= 11 is 0. The maximum atomic E-state index is 13.0. The third-order valence-corrected chi connectivity index (χ3v) is 5.78. The van der Waals surface area contributed by atoms with Crippen LogP contribution in [0.25, 0.3) is 0 Å². The van der Waals surface area contributed by atoms with Gasteiger partial charge in [-0.05, 0) is 44.6 Å². The van der Waals surface area contributed by atoms with Crippen LogP contribution >= 0.6 is 0 Å². The van der Waals surface area contributed by atoms with Gasteiger partial charge in [-0.25, -0.2) is 0 Å². The van der Waals surface area contributed by atoms with Crippen molar-refractivity contribution >= 4 is 5.91 Å². The van der Waals surface area contributed by atoms with Crippen LogP contribution in [0.1, 0.15) is 84.7 Å². The van der Waals surface area contributed by atoms with Gasteiger partial charge in [-0.3, -0.25) is 9.89 Å². The monoisotopic (exact) mass is 340 g/mol. The normalized spacial score (nSPS) is 23.5. The first-order chi connectivity index (χ1) is 12.3. The molecule has 1 atom stereocenters. The van der Waals surface area contributed by atoms with Crippen LogP contribution in [0.2, 0.25) is 0 Å². The number of amides is 1. The van der Waals surface area contributed by atoms with Crippen LogP contribution in [0.15, 0.2) is 6.07 Å². The maximum absolute atomic E-state index is 13.0. The number of aromatic nitrogens is 5. The van der Waals surface area contributed by atoms with Gasteiger partial charge in [0.25, 0.3) is 5.91 Å². The number of hydrogen-bond donors (Lipinski definition) is 1. The molecule has 2 fully saturated rings. The van der Waals surface area contributed by atoms with Crippen LogP contribution in [0.4, 0.5) is 0 Å². The van der Waals surface area contributed by atoms with Crippen molar-refractivity contribution < 1.29 is 4.79 Å². The van der Waals surface area contributed by atoms with E-state index in [1.54, 1.807) is 0 Å². The smallest absolute Gasteiger partial charge is 0.274 e. The summed E-state index contributed by atoms with van der Waals surface area (Å²) in [5, 5.41) is 16.2. The van der Waals surface area contributed by atoms with E-state index >= 15 is 0 Å². The van der Waals surface area contributed by atoms with Gasteiger partial charge in [-0.1, -0.05) is 6.42 Å². The molecule has 1 saturated carbocycles. The Morgan fingerprint density at radius 3 is 2.88 bits per heavy atom. The number of aromatic amines is 1. The average Bonchev–Trinajstić information content (AvgIpc) is 3.06. The molecule has 2 aliphatic heterocycles. The minimum absolute atomic E-state index is 0.0246. The summed E-state index contributed by atoms with van der Waals surface area (Å²) in [5.74, 6) is 2.66. The Labute approximate surface area is 146 Å². The minimum Gasteiger partial charge on any atom is -0.327 e. The molecular weight excluding hydrogens is 316 g/mol. The summed E-state index contributed by atoms with van der Waals surface area (Å²) in [6, 6.07) is 1.98. The summed E-state index contributed by atoms with van der Waals surface area (Å²) in [7, 11) is 0. The number of likely N-dealkylation sites (tertiary alicyclic amines) is 1. The van der Waals surface area contributed by atoms with Crippen molar-refractivity contribution in [2.24, 2.45) is 0 Å². The van der Waals surface area contributed by atoms with Crippen LogP contribution in [-0.4, -0.2) is 42.3 Å². The summed E-state index contributed by atoms with van der Waals surface area (Å²) in [4.78, 5) is 15.0. The van der Waals surface area contributed by atoms with Crippen molar-refractivity contribution in [1.29, 1.82) is 0 Å². The molecule has 0 unspecified atom stereocenters. The van der Waals surface area contributed by atoms with Gasteiger partial charge in [0.2, 0.25) is 0 Å². The number of fused-ring (bicyclic) bond motifs is 1. The Hall–Kier alpha value is -2.18. The second-order valence-electron chi connectivity index (χ2n) is 7.58. The van der Waals surface area contributed by atoms with E-state index in [-0.39, 0.29) is 11.9 Å². The van der Waals surface area contributed by atoms with Gasteiger partial charge in [0, 0.05) is 31.1 Å². The van der Waals surface area contributed by atoms with Gasteiger partial charge in [0.05, 0.1) is 6.04 Å². The Morgan fingerprint density at radius 2 is 2.00 bits per heavy atom. The molecule has 0 radical (unpaired) electrons. The third kappa shape index (κ3) is 2.65. The highest BCUT2D eigenvalue weighted by Crippen LogP contribution is 2.39. The molecule has 1 amide bonds. The molecule has 5 rings (SSSR count). The second kappa shape index (κ2) is 5.97. The zero-order chi connectivity index (χ0) is 16.8. The summed E-state index contributed by atoms with van der Waals surface area (Å²) < 4.78 is 2.27. The van der Waals surface area contributed by atoms with Gasteiger partial charge in [-0.2, -0.15) is 5.10 Å². The molecule has 1 saturated heterocycles. The Kier molecular flexibility index (Phi) is 3.60. The molecule has 1 aliphatic carbocycles. The zero-order valence-electron chi connectivity index (χ0n) is 14.4. The highest BCUT2D eigenvalue weighted by molar-refractivity contribution is 5.92. The first-order valence-electron chi connectivity index (χ1n) is 9.59. The van der Waals surface area contributed by atoms with E-state index in [1.165, 1.54) is 32.1 Å². The summed E-state index contributed by atoms with van der Waals surface area (Å²) in [6.07, 6.45) is 8.97. The quantitative estimate of drug-likeness (QED) is 0.931. The maximum Gasteiger partial charge on any atom is 0.274 e. The SMILES string of the molecule is O=C(c1cc(C2CC2)[nH]n1)N1CCC[C@H]1c1nnc2n1CCCCC2. The largest absolute Gasteiger partial charge is 0.327 e. The first kappa shape index (κ1) is 15.1. The molecule has 0 aromatic carbocycles. The van der Waals surface area contributed by atoms with Gasteiger partial charge in [0.15, 0.2) is 5.82 Å². The van der Waals surface area contributed by atoms with Crippen molar-refractivity contribution in [3.63, 3.8) is 0 Å². The third-order valence-electron chi connectivity index (χ3n) is 5.78. The average molecular weight is 340 g/mol. The minimum atomic E-state index is 0.0246. The van der Waals surface area contributed by atoms with Crippen molar-refractivity contribution in [1.82, 2.24) is 29.9 Å². The molecule has 4 heterocycles. The number of carbonyl (C=O) groups is 1. The molecule has 132 valence electrons. The lowest BCUT2D eigenvalue weighted by molar-refractivity contribution is 0.0721. The van der Waals surface area contributed by atoms with Crippen LogP contribution < -0.4 is 0 Å². The molecule has 0 bridgehead atoms. The fraction of sp³-hybridized carbons (Fsp3) is 0.667.